The van der Waals surface area contributed by atoms with Crippen molar-refractivity contribution in [1.82, 2.24) is 20.1 Å². The summed E-state index contributed by atoms with van der Waals surface area (Å²) in [6.07, 6.45) is 6.83. The van der Waals surface area contributed by atoms with Gasteiger partial charge in [-0.3, -0.25) is 24.6 Å². The average Bonchev–Trinajstić information content (AvgIpc) is 3.36. The van der Waals surface area contributed by atoms with Crippen molar-refractivity contribution in [2.45, 2.75) is 31.7 Å². The first-order valence-corrected chi connectivity index (χ1v) is 11.1. The van der Waals surface area contributed by atoms with Gasteiger partial charge in [-0.05, 0) is 49.1 Å². The summed E-state index contributed by atoms with van der Waals surface area (Å²) in [6.45, 7) is 1.09. The number of H-pyrrole nitrogens is 1. The molecule has 0 radical (unpaired) electrons. The molecule has 2 aliphatic rings. The second kappa shape index (κ2) is 7.83. The van der Waals surface area contributed by atoms with Gasteiger partial charge in [-0.25, -0.2) is 0 Å². The zero-order valence-electron chi connectivity index (χ0n) is 16.4. The van der Waals surface area contributed by atoms with E-state index in [0.717, 1.165) is 46.7 Å². The fourth-order valence-electron chi connectivity index (χ4n) is 4.61. The van der Waals surface area contributed by atoms with Crippen LogP contribution in [0.1, 0.15) is 37.3 Å². The number of carbonyl (C=O) groups is 2. The predicted octanol–water partition coefficient (Wildman–Crippen LogP) is 3.83. The number of nitrogens with one attached hydrogen (secondary N) is 1. The SMILES string of the molecule is O=C1CC(C(=O)N2CCCC[C@H]2c2cccnc2)CN1c1n[nH]c2cc(Br)ccc12. The molecule has 4 heterocycles. The normalized spacial score (nSPS) is 22.1. The molecule has 1 N–H and O–H groups in total. The number of likely N-dealkylation sites (tertiary alicyclic amines) is 1. The van der Waals surface area contributed by atoms with Crippen LogP contribution in [0.15, 0.2) is 47.2 Å². The highest BCUT2D eigenvalue weighted by atomic mass is 79.9. The molecule has 0 spiro atoms. The van der Waals surface area contributed by atoms with Crippen molar-refractivity contribution in [3.63, 3.8) is 0 Å². The summed E-state index contributed by atoms with van der Waals surface area (Å²) >= 11 is 3.45. The van der Waals surface area contributed by atoms with Crippen molar-refractivity contribution in [3.05, 3.63) is 52.8 Å². The summed E-state index contributed by atoms with van der Waals surface area (Å²) in [5.41, 5.74) is 1.92. The Morgan fingerprint density at radius 1 is 1.23 bits per heavy atom. The lowest BCUT2D eigenvalue weighted by Gasteiger charge is -2.37. The van der Waals surface area contributed by atoms with Crippen molar-refractivity contribution in [1.29, 1.82) is 0 Å². The summed E-state index contributed by atoms with van der Waals surface area (Å²) in [5, 5.41) is 8.23. The van der Waals surface area contributed by atoms with Gasteiger partial charge in [-0.2, -0.15) is 5.10 Å². The van der Waals surface area contributed by atoms with Gasteiger partial charge in [0, 0.05) is 41.8 Å². The Hall–Kier alpha value is -2.74. The number of benzene rings is 1. The molecule has 30 heavy (non-hydrogen) atoms. The van der Waals surface area contributed by atoms with E-state index in [1.807, 2.05) is 41.4 Å². The van der Waals surface area contributed by atoms with Crippen molar-refractivity contribution in [3.8, 4) is 0 Å². The maximum atomic E-state index is 13.4. The third-order valence-electron chi connectivity index (χ3n) is 6.09. The van der Waals surface area contributed by atoms with E-state index in [2.05, 4.69) is 31.1 Å². The first kappa shape index (κ1) is 19.2. The van der Waals surface area contributed by atoms with Crippen LogP contribution in [-0.2, 0) is 9.59 Å². The van der Waals surface area contributed by atoms with Crippen molar-refractivity contribution in [2.75, 3.05) is 18.0 Å². The van der Waals surface area contributed by atoms with Crippen LogP contribution in [0.4, 0.5) is 5.82 Å². The van der Waals surface area contributed by atoms with E-state index in [-0.39, 0.29) is 30.2 Å². The van der Waals surface area contributed by atoms with Crippen molar-refractivity contribution in [2.24, 2.45) is 5.92 Å². The van der Waals surface area contributed by atoms with Crippen LogP contribution in [0.25, 0.3) is 10.9 Å². The first-order chi connectivity index (χ1) is 14.6. The maximum absolute atomic E-state index is 13.4. The lowest BCUT2D eigenvalue weighted by Crippen LogP contribution is -2.42. The highest BCUT2D eigenvalue weighted by Gasteiger charge is 2.41. The van der Waals surface area contributed by atoms with Crippen molar-refractivity contribution >= 4 is 44.5 Å². The smallest absolute Gasteiger partial charge is 0.229 e. The third kappa shape index (κ3) is 3.39. The molecule has 2 atom stereocenters. The Morgan fingerprint density at radius 3 is 2.97 bits per heavy atom. The molecule has 2 fully saturated rings. The van der Waals surface area contributed by atoms with Gasteiger partial charge >= 0.3 is 0 Å². The molecule has 154 valence electrons. The number of hydrogen-bond donors (Lipinski definition) is 1. The maximum Gasteiger partial charge on any atom is 0.229 e. The first-order valence-electron chi connectivity index (χ1n) is 10.3. The van der Waals surface area contributed by atoms with Crippen LogP contribution in [0.3, 0.4) is 0 Å². The Bertz CT molecular complexity index is 1100. The molecule has 0 saturated carbocycles. The zero-order valence-corrected chi connectivity index (χ0v) is 18.0. The van der Waals surface area contributed by atoms with Gasteiger partial charge in [-0.1, -0.05) is 22.0 Å². The molecule has 8 heteroatoms. The monoisotopic (exact) mass is 467 g/mol. The molecule has 2 amide bonds. The molecule has 3 aromatic rings. The molecule has 2 aliphatic heterocycles. The quantitative estimate of drug-likeness (QED) is 0.634. The van der Waals surface area contributed by atoms with Crippen molar-refractivity contribution < 1.29 is 9.59 Å². The van der Waals surface area contributed by atoms with E-state index < -0.39 is 0 Å². The highest BCUT2D eigenvalue weighted by Crippen LogP contribution is 2.35. The van der Waals surface area contributed by atoms with Crippen LogP contribution in [0.5, 0.6) is 0 Å². The second-order valence-electron chi connectivity index (χ2n) is 7.97. The van der Waals surface area contributed by atoms with Gasteiger partial charge in [0.15, 0.2) is 5.82 Å². The van der Waals surface area contributed by atoms with Gasteiger partial charge < -0.3 is 4.90 Å². The standard InChI is InChI=1S/C22H22BrN5O2/c23-16-6-7-17-18(11-16)25-26-21(17)28-13-15(10-20(28)29)22(30)27-9-2-1-5-19(27)14-4-3-8-24-12-14/h3-4,6-8,11-12,15,19H,1-2,5,9-10,13H2,(H,25,26)/t15?,19-/m0/s1. The van der Waals surface area contributed by atoms with Crippen LogP contribution >= 0.6 is 15.9 Å². The van der Waals surface area contributed by atoms with Gasteiger partial charge in [0.25, 0.3) is 0 Å². The van der Waals surface area contributed by atoms with E-state index in [9.17, 15) is 9.59 Å². The largest absolute Gasteiger partial charge is 0.335 e. The second-order valence-corrected chi connectivity index (χ2v) is 8.89. The summed E-state index contributed by atoms with van der Waals surface area (Å²) in [6, 6.07) is 9.77. The molecule has 0 bridgehead atoms. The minimum absolute atomic E-state index is 0.0349. The number of rotatable bonds is 3. The van der Waals surface area contributed by atoms with Crippen LogP contribution < -0.4 is 4.90 Å². The van der Waals surface area contributed by atoms with Gasteiger partial charge in [0.1, 0.15) is 0 Å². The minimum atomic E-state index is -0.350. The molecule has 2 aromatic heterocycles. The molecule has 0 aliphatic carbocycles. The molecule has 5 rings (SSSR count). The summed E-state index contributed by atoms with van der Waals surface area (Å²) in [5.74, 6) is 0.249. The Labute approximate surface area is 182 Å². The van der Waals surface area contributed by atoms with Gasteiger partial charge in [0.2, 0.25) is 11.8 Å². The number of hydrogen-bond acceptors (Lipinski definition) is 4. The number of aromatic nitrogens is 3. The summed E-state index contributed by atoms with van der Waals surface area (Å²) in [4.78, 5) is 34.1. The Kier molecular flexibility index (Phi) is 5.02. The lowest BCUT2D eigenvalue weighted by atomic mass is 9.94. The fourth-order valence-corrected chi connectivity index (χ4v) is 4.97. The number of fused-ring (bicyclic) bond motifs is 1. The molecule has 1 aromatic carbocycles. The Balaban J connectivity index is 1.38. The van der Waals surface area contributed by atoms with E-state index in [4.69, 9.17) is 0 Å². The topological polar surface area (TPSA) is 82.2 Å². The highest BCUT2D eigenvalue weighted by molar-refractivity contribution is 9.10. The Morgan fingerprint density at radius 2 is 2.13 bits per heavy atom. The number of carbonyl (C=O) groups excluding carboxylic acids is 2. The molecular formula is C22H22BrN5O2. The average molecular weight is 468 g/mol. The van der Waals surface area contributed by atoms with E-state index in [0.29, 0.717) is 12.4 Å². The number of anilines is 1. The minimum Gasteiger partial charge on any atom is -0.335 e. The predicted molar refractivity (Wildman–Crippen MR) is 117 cm³/mol. The van der Waals surface area contributed by atoms with Crippen LogP contribution in [-0.4, -0.2) is 45.0 Å². The number of halogens is 1. The molecular weight excluding hydrogens is 446 g/mol. The van der Waals surface area contributed by atoms with E-state index in [1.54, 1.807) is 11.1 Å². The zero-order chi connectivity index (χ0) is 20.7. The van der Waals surface area contributed by atoms with Crippen LogP contribution in [0, 0.1) is 5.92 Å². The number of amides is 2. The number of nitrogens with zero attached hydrogens (tertiary/aromatic N) is 4. The van der Waals surface area contributed by atoms with Gasteiger partial charge in [-0.15, -0.1) is 0 Å². The molecule has 1 unspecified atom stereocenters. The fraction of sp³-hybridized carbons (Fsp3) is 0.364. The molecule has 7 nitrogen and oxygen atoms in total. The third-order valence-corrected chi connectivity index (χ3v) is 6.58. The molecule has 2 saturated heterocycles. The lowest BCUT2D eigenvalue weighted by molar-refractivity contribution is -0.139. The number of piperidine rings is 1. The summed E-state index contributed by atoms with van der Waals surface area (Å²) < 4.78 is 0.942. The van der Waals surface area contributed by atoms with Gasteiger partial charge in [0.05, 0.1) is 17.5 Å². The van der Waals surface area contributed by atoms with E-state index >= 15 is 0 Å². The van der Waals surface area contributed by atoms with E-state index in [1.165, 1.54) is 0 Å². The number of aromatic amines is 1. The number of pyridine rings is 1. The summed E-state index contributed by atoms with van der Waals surface area (Å²) in [7, 11) is 0. The van der Waals surface area contributed by atoms with Crippen LogP contribution in [0.2, 0.25) is 0 Å².